The highest BCUT2D eigenvalue weighted by Gasteiger charge is 2.29. The van der Waals surface area contributed by atoms with Gasteiger partial charge in [-0.25, -0.2) is 15.6 Å². The Hall–Kier alpha value is -3.45. The number of allylic oxidation sites excluding steroid dienone is 1. The zero-order valence-electron chi connectivity index (χ0n) is 17.0. The van der Waals surface area contributed by atoms with Crippen LogP contribution in [-0.2, 0) is 4.74 Å². The molecule has 2 heterocycles. The summed E-state index contributed by atoms with van der Waals surface area (Å²) in [5, 5.41) is 10.2. The monoisotopic (exact) mass is 407 g/mol. The molecule has 6 N–H and O–H groups in total. The van der Waals surface area contributed by atoms with E-state index in [9.17, 15) is 9.90 Å². The third-order valence-corrected chi connectivity index (χ3v) is 5.59. The summed E-state index contributed by atoms with van der Waals surface area (Å²) >= 11 is 0. The van der Waals surface area contributed by atoms with E-state index in [2.05, 4.69) is 10.3 Å². The summed E-state index contributed by atoms with van der Waals surface area (Å²) in [5.41, 5.74) is 15.5. The van der Waals surface area contributed by atoms with E-state index in [4.69, 9.17) is 10.5 Å². The number of benzene rings is 2. The van der Waals surface area contributed by atoms with Gasteiger partial charge >= 0.3 is 5.97 Å². The Bertz CT molecular complexity index is 998. The molecule has 0 bridgehead atoms. The van der Waals surface area contributed by atoms with Gasteiger partial charge in [-0.05, 0) is 43.2 Å². The van der Waals surface area contributed by atoms with Crippen LogP contribution >= 0.6 is 0 Å². The second kappa shape index (κ2) is 8.51. The average Bonchev–Trinajstić information content (AvgIpc) is 3.25. The Balaban J connectivity index is 1.50. The maximum absolute atomic E-state index is 11.9. The smallest absolute Gasteiger partial charge is 0.338 e. The van der Waals surface area contributed by atoms with E-state index in [1.807, 2.05) is 47.9 Å². The van der Waals surface area contributed by atoms with Crippen molar-refractivity contribution in [1.29, 1.82) is 0 Å². The number of phenols is 1. The molecule has 156 valence electrons. The van der Waals surface area contributed by atoms with Crippen molar-refractivity contribution in [3.05, 3.63) is 82.8 Å². The fourth-order valence-corrected chi connectivity index (χ4v) is 3.99. The number of esters is 1. The van der Waals surface area contributed by atoms with Gasteiger partial charge in [0.15, 0.2) is 11.5 Å². The first-order chi connectivity index (χ1) is 14.6. The molecule has 1 fully saturated rings. The van der Waals surface area contributed by atoms with Crippen LogP contribution in [0.25, 0.3) is 5.70 Å². The Morgan fingerprint density at radius 1 is 1.27 bits per heavy atom. The summed E-state index contributed by atoms with van der Waals surface area (Å²) in [7, 11) is 0. The predicted octanol–water partition coefficient (Wildman–Crippen LogP) is 1.61. The van der Waals surface area contributed by atoms with E-state index >= 15 is 0 Å². The highest BCUT2D eigenvalue weighted by molar-refractivity contribution is 5.89. The van der Waals surface area contributed by atoms with Crippen LogP contribution in [0.15, 0.2) is 66.1 Å². The number of nitrogens with two attached hydrogens (primary N) is 2. The first-order valence-corrected chi connectivity index (χ1v) is 10.2. The summed E-state index contributed by atoms with van der Waals surface area (Å²) in [6.45, 7) is 3.89. The molecule has 2 aliphatic heterocycles. The third kappa shape index (κ3) is 3.97. The normalized spacial score (nSPS) is 18.8. The molecule has 1 saturated heterocycles. The fraction of sp³-hybridized carbons (Fsp3) is 0.261. The van der Waals surface area contributed by atoms with Gasteiger partial charge in [-0.3, -0.25) is 0 Å². The van der Waals surface area contributed by atoms with Crippen molar-refractivity contribution in [1.82, 2.24) is 10.3 Å². The van der Waals surface area contributed by atoms with E-state index in [1.54, 1.807) is 19.1 Å². The molecule has 4 rings (SSSR count). The number of para-hydroxylation sites is 1. The first-order valence-electron chi connectivity index (χ1n) is 10.2. The van der Waals surface area contributed by atoms with Gasteiger partial charge in [-0.2, -0.15) is 0 Å². The molecule has 0 aromatic heterocycles. The van der Waals surface area contributed by atoms with Crippen molar-refractivity contribution >= 4 is 11.7 Å². The fourth-order valence-electron chi connectivity index (χ4n) is 3.99. The Kier molecular flexibility index (Phi) is 5.63. The number of rotatable bonds is 5. The van der Waals surface area contributed by atoms with E-state index in [1.165, 1.54) is 5.56 Å². The molecular formula is C23H27N4O3+. The molecule has 1 atom stereocenters. The molecule has 2 aliphatic rings. The van der Waals surface area contributed by atoms with Gasteiger partial charge in [-0.1, -0.05) is 24.3 Å². The number of hydrogen-bond acceptors (Lipinski definition) is 6. The quantitative estimate of drug-likeness (QED) is 0.443. The van der Waals surface area contributed by atoms with Crippen molar-refractivity contribution < 1.29 is 20.1 Å². The molecule has 0 saturated carbocycles. The van der Waals surface area contributed by atoms with Gasteiger partial charge in [0.25, 0.3) is 0 Å². The minimum absolute atomic E-state index is 0.239. The summed E-state index contributed by atoms with van der Waals surface area (Å²) < 4.78 is 5.06. The maximum Gasteiger partial charge on any atom is 0.338 e. The van der Waals surface area contributed by atoms with E-state index < -0.39 is 0 Å². The standard InChI is InChI=1S/C23H26N4O3/c1-2-30-23(29)16-9-7-15(8-10-16)17-11-12-27(14-17)20-13-19(25-26-22(20)24)18-5-3-4-6-21(18)28/h3-10,13,17,25-26,28H,2,11-12,14,24H2,1H3/p+1. The number of carbonyl (C=O) groups excluding carboxylic acids is 1. The van der Waals surface area contributed by atoms with Crippen LogP contribution in [0.4, 0.5) is 0 Å². The summed E-state index contributed by atoms with van der Waals surface area (Å²) in [5.74, 6) is 0.908. The predicted molar refractivity (Wildman–Crippen MR) is 114 cm³/mol. The van der Waals surface area contributed by atoms with Crippen molar-refractivity contribution in [3.8, 4) is 5.75 Å². The zero-order valence-corrected chi connectivity index (χ0v) is 17.0. The van der Waals surface area contributed by atoms with Crippen LogP contribution in [0.3, 0.4) is 0 Å². The minimum atomic E-state index is -0.290. The average molecular weight is 407 g/mol. The lowest BCUT2D eigenvalue weighted by atomic mass is 9.97. The second-order valence-electron chi connectivity index (χ2n) is 7.48. The van der Waals surface area contributed by atoms with Crippen LogP contribution in [0.2, 0.25) is 0 Å². The van der Waals surface area contributed by atoms with E-state index in [0.717, 1.165) is 36.5 Å². The van der Waals surface area contributed by atoms with Crippen molar-refractivity contribution in [2.45, 2.75) is 19.3 Å². The number of nitrogens with one attached hydrogen (secondary N) is 1. The topological polar surface area (TPSA) is 104 Å². The lowest BCUT2D eigenvalue weighted by Gasteiger charge is -2.25. The van der Waals surface area contributed by atoms with Gasteiger partial charge in [-0.15, -0.1) is 0 Å². The van der Waals surface area contributed by atoms with Gasteiger partial charge in [0.1, 0.15) is 5.75 Å². The van der Waals surface area contributed by atoms with Crippen LogP contribution in [0.1, 0.15) is 40.7 Å². The van der Waals surface area contributed by atoms with Crippen LogP contribution in [-0.4, -0.2) is 35.7 Å². The van der Waals surface area contributed by atoms with Crippen LogP contribution in [0, 0.1) is 0 Å². The molecule has 0 amide bonds. The summed E-state index contributed by atoms with van der Waals surface area (Å²) in [6.07, 6.45) is 3.02. The molecular weight excluding hydrogens is 380 g/mol. The van der Waals surface area contributed by atoms with Gasteiger partial charge < -0.3 is 20.5 Å². The van der Waals surface area contributed by atoms with Crippen LogP contribution in [0.5, 0.6) is 5.75 Å². The first kappa shape index (κ1) is 19.8. The number of aromatic hydroxyl groups is 1. The molecule has 0 aliphatic carbocycles. The Morgan fingerprint density at radius 2 is 2.03 bits per heavy atom. The minimum Gasteiger partial charge on any atom is -0.507 e. The number of quaternary nitrogens is 1. The van der Waals surface area contributed by atoms with Crippen molar-refractivity contribution in [2.75, 3.05) is 19.7 Å². The van der Waals surface area contributed by atoms with E-state index in [0.29, 0.717) is 23.9 Å². The van der Waals surface area contributed by atoms with E-state index in [-0.39, 0.29) is 11.7 Å². The Labute approximate surface area is 175 Å². The highest BCUT2D eigenvalue weighted by Crippen LogP contribution is 2.32. The molecule has 2 aromatic carbocycles. The molecule has 2 aromatic rings. The van der Waals surface area contributed by atoms with Gasteiger partial charge in [0.05, 0.1) is 23.4 Å². The number of ether oxygens (including phenoxy) is 1. The lowest BCUT2D eigenvalue weighted by Crippen LogP contribution is -2.91. The molecule has 0 radical (unpaired) electrons. The van der Waals surface area contributed by atoms with Gasteiger partial charge in [0, 0.05) is 25.1 Å². The highest BCUT2D eigenvalue weighted by atomic mass is 16.5. The summed E-state index contributed by atoms with van der Waals surface area (Å²) in [6, 6.07) is 14.9. The third-order valence-electron chi connectivity index (χ3n) is 5.59. The van der Waals surface area contributed by atoms with Crippen molar-refractivity contribution in [3.63, 3.8) is 0 Å². The van der Waals surface area contributed by atoms with Crippen LogP contribution < -0.4 is 16.6 Å². The molecule has 7 heteroatoms. The molecule has 7 nitrogen and oxygen atoms in total. The number of hydrogen-bond donors (Lipinski definition) is 4. The second-order valence-corrected chi connectivity index (χ2v) is 7.48. The lowest BCUT2D eigenvalue weighted by molar-refractivity contribution is -0.619. The number of carbonyl (C=O) groups is 1. The number of likely N-dealkylation sites (tertiary alicyclic amines) is 1. The molecule has 1 unspecified atom stereocenters. The largest absolute Gasteiger partial charge is 0.507 e. The SMILES string of the molecule is CCOC(=O)c1ccc(C2CCN(C3=C(N)N[NH2+]C(c4ccccc4O)=C3)C2)cc1. The van der Waals surface area contributed by atoms with Gasteiger partial charge in [0.2, 0.25) is 0 Å². The maximum atomic E-state index is 11.9. The molecule has 0 spiro atoms. The summed E-state index contributed by atoms with van der Waals surface area (Å²) in [4.78, 5) is 14.1. The number of nitrogens with zero attached hydrogens (tertiary/aromatic N) is 1. The zero-order chi connectivity index (χ0) is 21.1. The number of phenolic OH excluding ortho intramolecular Hbond substituents is 1. The Morgan fingerprint density at radius 3 is 2.77 bits per heavy atom. The van der Waals surface area contributed by atoms with Crippen molar-refractivity contribution in [2.24, 2.45) is 5.73 Å². The molecule has 30 heavy (non-hydrogen) atoms.